The maximum atomic E-state index is 12.0. The van der Waals surface area contributed by atoms with Gasteiger partial charge in [-0.25, -0.2) is 0 Å². The summed E-state index contributed by atoms with van der Waals surface area (Å²) in [6.45, 7) is -0.0811. The fourth-order valence-electron chi connectivity index (χ4n) is 3.13. The highest BCUT2D eigenvalue weighted by Gasteiger charge is 2.51. The summed E-state index contributed by atoms with van der Waals surface area (Å²) in [5.74, 6) is -3.12. The van der Waals surface area contributed by atoms with E-state index in [-0.39, 0.29) is 24.8 Å². The average molecular weight is 291 g/mol. The van der Waals surface area contributed by atoms with E-state index in [0.717, 1.165) is 0 Å². The zero-order valence-electron chi connectivity index (χ0n) is 10.7. The van der Waals surface area contributed by atoms with Crippen molar-refractivity contribution >= 4 is 11.9 Å². The maximum absolute atomic E-state index is 12.0. The molecule has 0 aromatic carbocycles. The third kappa shape index (κ3) is 3.13. The highest BCUT2D eigenvalue weighted by atomic mass is 19.4. The highest BCUT2D eigenvalue weighted by molar-refractivity contribution is 5.86. The zero-order chi connectivity index (χ0) is 14.9. The van der Waals surface area contributed by atoms with Gasteiger partial charge in [0.25, 0.3) is 0 Å². The first kappa shape index (κ1) is 14.9. The van der Waals surface area contributed by atoms with Gasteiger partial charge in [0.05, 0.1) is 11.8 Å². The van der Waals surface area contributed by atoms with Crippen LogP contribution in [0.25, 0.3) is 0 Å². The molecule has 2 rings (SSSR count). The molecule has 0 aliphatic heterocycles. The van der Waals surface area contributed by atoms with Gasteiger partial charge in [-0.05, 0) is 24.7 Å². The van der Waals surface area contributed by atoms with Crippen molar-refractivity contribution < 1.29 is 27.9 Å². The number of carboxylic acid groups (broad SMARTS) is 1. The molecular formula is C13H16F3NO3. The number of alkyl halides is 3. The molecule has 2 N–H and O–H groups in total. The number of carboxylic acids is 1. The Morgan fingerprint density at radius 2 is 1.80 bits per heavy atom. The smallest absolute Gasteiger partial charge is 0.389 e. The van der Waals surface area contributed by atoms with Gasteiger partial charge in [0.1, 0.15) is 0 Å². The van der Waals surface area contributed by atoms with Crippen LogP contribution in [0.1, 0.15) is 19.3 Å². The molecule has 0 aromatic rings. The molecule has 4 nitrogen and oxygen atoms in total. The molecule has 4 atom stereocenters. The monoisotopic (exact) mass is 291 g/mol. The summed E-state index contributed by atoms with van der Waals surface area (Å²) in [5, 5.41) is 11.6. The fraction of sp³-hybridized carbons (Fsp3) is 0.692. The van der Waals surface area contributed by atoms with Crippen LogP contribution in [0.15, 0.2) is 12.2 Å². The van der Waals surface area contributed by atoms with Crippen LogP contribution in [0.2, 0.25) is 0 Å². The number of nitrogens with one attached hydrogen (secondary N) is 1. The number of amides is 1. The van der Waals surface area contributed by atoms with E-state index in [1.165, 1.54) is 0 Å². The largest absolute Gasteiger partial charge is 0.481 e. The van der Waals surface area contributed by atoms with E-state index in [1.807, 2.05) is 12.2 Å². The fourth-order valence-corrected chi connectivity index (χ4v) is 3.13. The summed E-state index contributed by atoms with van der Waals surface area (Å²) < 4.78 is 35.9. The number of halogens is 3. The summed E-state index contributed by atoms with van der Waals surface area (Å²) >= 11 is 0. The molecule has 7 heteroatoms. The lowest BCUT2D eigenvalue weighted by Gasteiger charge is -2.23. The second-order valence-corrected chi connectivity index (χ2v) is 5.35. The summed E-state index contributed by atoms with van der Waals surface area (Å²) in [7, 11) is 0. The van der Waals surface area contributed by atoms with Crippen molar-refractivity contribution in [3.05, 3.63) is 12.2 Å². The minimum Gasteiger partial charge on any atom is -0.481 e. The lowest BCUT2D eigenvalue weighted by Crippen LogP contribution is -2.40. The van der Waals surface area contributed by atoms with Crippen molar-refractivity contribution in [2.24, 2.45) is 23.7 Å². The first-order valence-electron chi connectivity index (χ1n) is 6.55. The second kappa shape index (κ2) is 5.46. The SMILES string of the molecule is O=C(O)C1C2C=CC(C2)C1C(=O)NCCCC(F)(F)F. The van der Waals surface area contributed by atoms with Gasteiger partial charge in [0.2, 0.25) is 5.91 Å². The van der Waals surface area contributed by atoms with Crippen molar-refractivity contribution in [1.82, 2.24) is 5.32 Å². The molecule has 0 spiro atoms. The van der Waals surface area contributed by atoms with Crippen LogP contribution in [0, 0.1) is 23.7 Å². The second-order valence-electron chi connectivity index (χ2n) is 5.35. The van der Waals surface area contributed by atoms with Gasteiger partial charge in [-0.2, -0.15) is 13.2 Å². The molecule has 0 saturated heterocycles. The van der Waals surface area contributed by atoms with Crippen molar-refractivity contribution in [3.8, 4) is 0 Å². The third-order valence-electron chi connectivity index (χ3n) is 3.98. The molecular weight excluding hydrogens is 275 g/mol. The number of carbonyl (C=O) groups is 2. The molecule has 1 fully saturated rings. The normalized spacial score (nSPS) is 31.6. The van der Waals surface area contributed by atoms with E-state index in [1.54, 1.807) is 0 Å². The summed E-state index contributed by atoms with van der Waals surface area (Å²) in [6, 6.07) is 0. The Bertz CT molecular complexity index is 433. The van der Waals surface area contributed by atoms with Crippen LogP contribution >= 0.6 is 0 Å². The topological polar surface area (TPSA) is 66.4 Å². The molecule has 0 heterocycles. The molecule has 2 bridgehead atoms. The lowest BCUT2D eigenvalue weighted by molar-refractivity contribution is -0.147. The number of aliphatic carboxylic acids is 1. The van der Waals surface area contributed by atoms with E-state index >= 15 is 0 Å². The molecule has 1 amide bonds. The van der Waals surface area contributed by atoms with Gasteiger partial charge < -0.3 is 10.4 Å². The predicted octanol–water partition coefficient (Wildman–Crippen LogP) is 1.97. The van der Waals surface area contributed by atoms with Gasteiger partial charge in [-0.3, -0.25) is 9.59 Å². The quantitative estimate of drug-likeness (QED) is 0.601. The van der Waals surface area contributed by atoms with Crippen LogP contribution in [0.5, 0.6) is 0 Å². The molecule has 112 valence electrons. The molecule has 20 heavy (non-hydrogen) atoms. The molecule has 0 radical (unpaired) electrons. The van der Waals surface area contributed by atoms with Crippen molar-refractivity contribution in [3.63, 3.8) is 0 Å². The minimum absolute atomic E-state index is 0.0811. The van der Waals surface area contributed by atoms with E-state index < -0.39 is 36.3 Å². The summed E-state index contributed by atoms with van der Waals surface area (Å²) in [6.07, 6.45) is -1.09. The van der Waals surface area contributed by atoms with E-state index in [2.05, 4.69) is 5.32 Å². The Morgan fingerprint density at radius 3 is 2.35 bits per heavy atom. The Balaban J connectivity index is 1.86. The molecule has 1 saturated carbocycles. The number of hydrogen-bond acceptors (Lipinski definition) is 2. The van der Waals surface area contributed by atoms with Gasteiger partial charge in [-0.15, -0.1) is 0 Å². The number of rotatable bonds is 5. The maximum Gasteiger partial charge on any atom is 0.389 e. The van der Waals surface area contributed by atoms with E-state index in [0.29, 0.717) is 6.42 Å². The van der Waals surface area contributed by atoms with Crippen LogP contribution < -0.4 is 5.32 Å². The van der Waals surface area contributed by atoms with Crippen molar-refractivity contribution in [2.75, 3.05) is 6.54 Å². The molecule has 2 aliphatic carbocycles. The van der Waals surface area contributed by atoms with Gasteiger partial charge in [-0.1, -0.05) is 12.2 Å². The van der Waals surface area contributed by atoms with E-state index in [4.69, 9.17) is 0 Å². The summed E-state index contributed by atoms with van der Waals surface area (Å²) in [4.78, 5) is 23.2. The Labute approximate surface area is 114 Å². The van der Waals surface area contributed by atoms with Crippen LogP contribution in [-0.2, 0) is 9.59 Å². The number of fused-ring (bicyclic) bond motifs is 2. The third-order valence-corrected chi connectivity index (χ3v) is 3.98. The predicted molar refractivity (Wildman–Crippen MR) is 63.7 cm³/mol. The molecule has 2 aliphatic rings. The minimum atomic E-state index is -4.23. The van der Waals surface area contributed by atoms with Crippen LogP contribution in [0.3, 0.4) is 0 Å². The van der Waals surface area contributed by atoms with Gasteiger partial charge in [0, 0.05) is 13.0 Å². The van der Waals surface area contributed by atoms with Gasteiger partial charge >= 0.3 is 12.1 Å². The first-order valence-corrected chi connectivity index (χ1v) is 6.55. The van der Waals surface area contributed by atoms with Crippen molar-refractivity contribution in [1.29, 1.82) is 0 Å². The Morgan fingerprint density at radius 1 is 1.20 bits per heavy atom. The number of carbonyl (C=O) groups excluding carboxylic acids is 1. The Kier molecular flexibility index (Phi) is 4.06. The van der Waals surface area contributed by atoms with Gasteiger partial charge in [0.15, 0.2) is 0 Å². The lowest BCUT2D eigenvalue weighted by atomic mass is 9.82. The first-order chi connectivity index (χ1) is 9.29. The highest BCUT2D eigenvalue weighted by Crippen LogP contribution is 2.48. The van der Waals surface area contributed by atoms with Crippen LogP contribution in [0.4, 0.5) is 13.2 Å². The average Bonchev–Trinajstić information content (AvgIpc) is 2.92. The standard InChI is InChI=1S/C13H16F3NO3/c14-13(15,16)4-1-5-17-11(18)9-7-2-3-8(6-7)10(9)12(19)20/h2-3,7-10H,1,4-6H2,(H,17,18)(H,19,20). The molecule has 0 aromatic heterocycles. The van der Waals surface area contributed by atoms with Crippen molar-refractivity contribution in [2.45, 2.75) is 25.4 Å². The summed E-state index contributed by atoms with van der Waals surface area (Å²) in [5.41, 5.74) is 0. The van der Waals surface area contributed by atoms with E-state index in [9.17, 15) is 27.9 Å². The number of hydrogen-bond donors (Lipinski definition) is 2. The zero-order valence-corrected chi connectivity index (χ0v) is 10.7. The van der Waals surface area contributed by atoms with Crippen LogP contribution in [-0.4, -0.2) is 29.7 Å². The Hall–Kier alpha value is -1.53. The number of allylic oxidation sites excluding steroid dienone is 2. The molecule has 4 unspecified atom stereocenters.